The number of carbonyl (C=O) groups is 3. The maximum absolute atomic E-state index is 13.7. The standard InChI is InChI=1S/C25H25N3O5/c29-15-9-7-14(8-10-15)12-19-20-21(23(31)28(22(20)30)13-16-4-3-11-33-16)25(27-19)17-5-1-2-6-18(17)26-24(25)32/h1-2,5-10,16,19-21,27,29H,3-4,11-13H2,(H,26,32)/t16?,19-,20-,21+,25+/m0/s1. The Morgan fingerprint density at radius 2 is 1.85 bits per heavy atom. The van der Waals surface area contributed by atoms with Gasteiger partial charge in [0.05, 0.1) is 24.5 Å². The highest BCUT2D eigenvalue weighted by molar-refractivity contribution is 6.15. The van der Waals surface area contributed by atoms with Crippen molar-refractivity contribution in [3.63, 3.8) is 0 Å². The van der Waals surface area contributed by atoms with E-state index >= 15 is 0 Å². The smallest absolute Gasteiger partial charge is 0.250 e. The third-order valence-electron chi connectivity index (χ3n) is 7.52. The van der Waals surface area contributed by atoms with E-state index in [1.54, 1.807) is 24.3 Å². The van der Waals surface area contributed by atoms with Crippen molar-refractivity contribution >= 4 is 23.4 Å². The van der Waals surface area contributed by atoms with Crippen molar-refractivity contribution in [2.24, 2.45) is 11.8 Å². The van der Waals surface area contributed by atoms with Crippen LogP contribution in [0.4, 0.5) is 5.69 Å². The lowest BCUT2D eigenvalue weighted by Crippen LogP contribution is -2.54. The van der Waals surface area contributed by atoms with Gasteiger partial charge in [-0.3, -0.25) is 24.6 Å². The minimum Gasteiger partial charge on any atom is -0.508 e. The molecule has 0 aromatic heterocycles. The maximum atomic E-state index is 13.7. The van der Waals surface area contributed by atoms with E-state index in [2.05, 4.69) is 10.6 Å². The average molecular weight is 447 g/mol. The van der Waals surface area contributed by atoms with Crippen LogP contribution < -0.4 is 10.6 Å². The molecule has 4 aliphatic heterocycles. The molecule has 2 aromatic carbocycles. The van der Waals surface area contributed by atoms with Gasteiger partial charge in [-0.15, -0.1) is 0 Å². The normalized spacial score (nSPS) is 32.5. The summed E-state index contributed by atoms with van der Waals surface area (Å²) in [5, 5.41) is 16.0. The molecule has 5 atom stereocenters. The Morgan fingerprint density at radius 3 is 2.61 bits per heavy atom. The third-order valence-corrected chi connectivity index (χ3v) is 7.52. The van der Waals surface area contributed by atoms with Crippen molar-refractivity contribution in [3.8, 4) is 5.75 Å². The van der Waals surface area contributed by atoms with Crippen molar-refractivity contribution in [3.05, 3.63) is 59.7 Å². The molecule has 170 valence electrons. The summed E-state index contributed by atoms with van der Waals surface area (Å²) in [6.45, 7) is 0.869. The average Bonchev–Trinajstić information content (AvgIpc) is 3.55. The highest BCUT2D eigenvalue weighted by atomic mass is 16.5. The van der Waals surface area contributed by atoms with Crippen LogP contribution in [0.2, 0.25) is 0 Å². The summed E-state index contributed by atoms with van der Waals surface area (Å²) in [4.78, 5) is 42.1. The molecule has 6 rings (SSSR count). The zero-order valence-corrected chi connectivity index (χ0v) is 18.0. The van der Waals surface area contributed by atoms with E-state index in [1.165, 1.54) is 4.90 Å². The quantitative estimate of drug-likeness (QED) is 0.614. The number of nitrogens with one attached hydrogen (secondary N) is 2. The van der Waals surface area contributed by atoms with Crippen LogP contribution in [-0.4, -0.2) is 53.0 Å². The van der Waals surface area contributed by atoms with Crippen LogP contribution in [0, 0.1) is 11.8 Å². The molecule has 0 radical (unpaired) electrons. The summed E-state index contributed by atoms with van der Waals surface area (Å²) in [5.74, 6) is -2.18. The first-order valence-corrected chi connectivity index (χ1v) is 11.4. The van der Waals surface area contributed by atoms with Gasteiger partial charge < -0.3 is 15.2 Å². The summed E-state index contributed by atoms with van der Waals surface area (Å²) < 4.78 is 5.70. The number of hydrogen-bond donors (Lipinski definition) is 3. The van der Waals surface area contributed by atoms with Gasteiger partial charge in [-0.1, -0.05) is 30.3 Å². The molecular formula is C25H25N3O5. The van der Waals surface area contributed by atoms with Gasteiger partial charge in [0, 0.05) is 23.9 Å². The molecule has 8 nitrogen and oxygen atoms in total. The second-order valence-corrected chi connectivity index (χ2v) is 9.35. The fraction of sp³-hybridized carbons (Fsp3) is 0.400. The predicted molar refractivity (Wildman–Crippen MR) is 118 cm³/mol. The molecule has 8 heteroatoms. The summed E-state index contributed by atoms with van der Waals surface area (Å²) in [6, 6.07) is 13.7. The number of para-hydroxylation sites is 1. The first kappa shape index (κ1) is 20.4. The van der Waals surface area contributed by atoms with Gasteiger partial charge in [-0.25, -0.2) is 0 Å². The lowest BCUT2D eigenvalue weighted by atomic mass is 9.76. The SMILES string of the molecule is O=C1[C@H]2[C@H](Cc3ccc(O)cc3)N[C@@]3(C(=O)Nc4ccccc43)[C@H]2C(=O)N1CC1CCCO1. The molecule has 0 saturated carbocycles. The highest BCUT2D eigenvalue weighted by Crippen LogP contribution is 2.53. The van der Waals surface area contributed by atoms with Crippen molar-refractivity contribution in [2.45, 2.75) is 36.9 Å². The van der Waals surface area contributed by atoms with E-state index in [4.69, 9.17) is 4.74 Å². The van der Waals surface area contributed by atoms with Gasteiger partial charge in [0.2, 0.25) is 17.7 Å². The van der Waals surface area contributed by atoms with Crippen LogP contribution in [0.15, 0.2) is 48.5 Å². The summed E-state index contributed by atoms with van der Waals surface area (Å²) in [7, 11) is 0. The van der Waals surface area contributed by atoms with Crippen molar-refractivity contribution in [2.75, 3.05) is 18.5 Å². The molecule has 0 aliphatic carbocycles. The van der Waals surface area contributed by atoms with Crippen LogP contribution in [0.1, 0.15) is 24.0 Å². The van der Waals surface area contributed by atoms with Crippen molar-refractivity contribution in [1.29, 1.82) is 0 Å². The molecule has 1 spiro atoms. The number of likely N-dealkylation sites (tertiary alicyclic amines) is 1. The molecule has 2 aromatic rings. The molecule has 4 aliphatic rings. The van der Waals surface area contributed by atoms with Crippen LogP contribution in [0.5, 0.6) is 5.75 Å². The first-order valence-electron chi connectivity index (χ1n) is 11.4. The highest BCUT2D eigenvalue weighted by Gasteiger charge is 2.70. The number of benzene rings is 2. The molecule has 33 heavy (non-hydrogen) atoms. The van der Waals surface area contributed by atoms with Crippen molar-refractivity contribution in [1.82, 2.24) is 10.2 Å². The van der Waals surface area contributed by atoms with E-state index in [9.17, 15) is 19.5 Å². The number of fused-ring (bicyclic) bond motifs is 4. The Labute approximate surface area is 190 Å². The van der Waals surface area contributed by atoms with Gasteiger partial charge >= 0.3 is 0 Å². The van der Waals surface area contributed by atoms with E-state index in [-0.39, 0.29) is 36.1 Å². The fourth-order valence-electron chi connectivity index (χ4n) is 6.05. The van der Waals surface area contributed by atoms with Crippen LogP contribution >= 0.6 is 0 Å². The summed E-state index contributed by atoms with van der Waals surface area (Å²) in [6.07, 6.45) is 2.03. The molecular weight excluding hydrogens is 422 g/mol. The maximum Gasteiger partial charge on any atom is 0.250 e. The Bertz CT molecular complexity index is 1140. The number of hydrogen-bond acceptors (Lipinski definition) is 6. The molecule has 3 N–H and O–H groups in total. The molecule has 3 amide bonds. The predicted octanol–water partition coefficient (Wildman–Crippen LogP) is 1.53. The molecule has 4 heterocycles. The van der Waals surface area contributed by atoms with Gasteiger partial charge in [-0.05, 0) is 43.0 Å². The van der Waals surface area contributed by atoms with Crippen LogP contribution in [0.3, 0.4) is 0 Å². The zero-order valence-electron chi connectivity index (χ0n) is 18.0. The Morgan fingerprint density at radius 1 is 1.06 bits per heavy atom. The number of rotatable bonds is 4. The van der Waals surface area contributed by atoms with E-state index in [0.29, 0.717) is 24.3 Å². The van der Waals surface area contributed by atoms with E-state index in [1.807, 2.05) is 24.3 Å². The monoisotopic (exact) mass is 447 g/mol. The third kappa shape index (κ3) is 2.94. The van der Waals surface area contributed by atoms with Gasteiger partial charge in [-0.2, -0.15) is 0 Å². The minimum atomic E-state index is -1.29. The number of nitrogens with zero attached hydrogens (tertiary/aromatic N) is 1. The van der Waals surface area contributed by atoms with Crippen LogP contribution in [-0.2, 0) is 31.1 Å². The number of phenolic OH excluding ortho intramolecular Hbond substituents is 1. The summed E-state index contributed by atoms with van der Waals surface area (Å²) >= 11 is 0. The number of carbonyl (C=O) groups excluding carboxylic acids is 3. The van der Waals surface area contributed by atoms with Gasteiger partial charge in [0.25, 0.3) is 0 Å². The van der Waals surface area contributed by atoms with Crippen LogP contribution in [0.25, 0.3) is 0 Å². The summed E-state index contributed by atoms with van der Waals surface area (Å²) in [5.41, 5.74) is 0.988. The topological polar surface area (TPSA) is 108 Å². The lowest BCUT2D eigenvalue weighted by Gasteiger charge is -2.30. The van der Waals surface area contributed by atoms with Gasteiger partial charge in [0.1, 0.15) is 11.3 Å². The number of ether oxygens (including phenoxy) is 1. The van der Waals surface area contributed by atoms with E-state index in [0.717, 1.165) is 18.4 Å². The number of anilines is 1. The largest absolute Gasteiger partial charge is 0.508 e. The Balaban J connectivity index is 1.42. The lowest BCUT2D eigenvalue weighted by molar-refractivity contribution is -0.144. The molecule has 0 bridgehead atoms. The minimum absolute atomic E-state index is 0.152. The van der Waals surface area contributed by atoms with E-state index < -0.39 is 23.4 Å². The molecule has 3 fully saturated rings. The van der Waals surface area contributed by atoms with Gasteiger partial charge in [0.15, 0.2) is 0 Å². The zero-order chi connectivity index (χ0) is 22.7. The number of imide groups is 1. The first-order chi connectivity index (χ1) is 16.0. The Kier molecular flexibility index (Phi) is 4.57. The molecule has 3 saturated heterocycles. The Hall–Kier alpha value is -3.23. The number of amides is 3. The number of phenols is 1. The second kappa shape index (κ2) is 7.40. The molecule has 1 unspecified atom stereocenters. The number of aromatic hydroxyl groups is 1. The van der Waals surface area contributed by atoms with Crippen molar-refractivity contribution < 1.29 is 24.2 Å². The second-order valence-electron chi connectivity index (χ2n) is 9.35. The fourth-order valence-corrected chi connectivity index (χ4v) is 6.05.